The summed E-state index contributed by atoms with van der Waals surface area (Å²) >= 11 is 0. The van der Waals surface area contributed by atoms with E-state index in [-0.39, 0.29) is 0 Å². The van der Waals surface area contributed by atoms with Crippen LogP contribution in [-0.2, 0) is 5.41 Å². The molecule has 360 valence electrons. The molecule has 0 amide bonds. The number of para-hydroxylation sites is 6. The molecule has 4 nitrogen and oxygen atoms in total. The normalized spacial score (nSPS) is 14.4. The molecule has 1 aliphatic carbocycles. The van der Waals surface area contributed by atoms with Crippen LogP contribution in [0, 0.1) is 0 Å². The Hall–Kier alpha value is -10.2. The number of fused-ring (bicyclic) bond motifs is 14. The maximum atomic E-state index is 6.82. The SMILES string of the molecule is c1ccc(-c2ccc(N(c3cc(-c4ccccc4)cc(-c4cccc5c4-c4ccccc4C54c5ccccc5N5c6ccccc6Oc6cccc4c65)c3)c3ccc4c(c3)c3ccccc3n4-c3ccccc3)cc2)cc1. The molecule has 0 fully saturated rings. The molecule has 2 aliphatic heterocycles. The first-order valence-corrected chi connectivity index (χ1v) is 26.5. The van der Waals surface area contributed by atoms with Crippen LogP contribution < -0.4 is 14.5 Å². The van der Waals surface area contributed by atoms with Crippen molar-refractivity contribution >= 4 is 55.9 Å². The first-order valence-electron chi connectivity index (χ1n) is 26.5. The van der Waals surface area contributed by atoms with Crippen LogP contribution in [0.3, 0.4) is 0 Å². The molecule has 0 saturated carbocycles. The monoisotopic (exact) mass is 981 g/mol. The average molecular weight is 982 g/mol. The van der Waals surface area contributed by atoms with Crippen molar-refractivity contribution in [2.45, 2.75) is 5.41 Å². The van der Waals surface area contributed by atoms with E-state index in [1.807, 2.05) is 0 Å². The Balaban J connectivity index is 0.947. The minimum atomic E-state index is -0.642. The number of hydrogen-bond acceptors (Lipinski definition) is 3. The Labute approximate surface area is 447 Å². The average Bonchev–Trinajstić information content (AvgIpc) is 3.65. The summed E-state index contributed by atoms with van der Waals surface area (Å²) in [5.41, 5.74) is 23.7. The lowest BCUT2D eigenvalue weighted by atomic mass is 9.64. The highest BCUT2D eigenvalue weighted by Crippen LogP contribution is 2.67. The summed E-state index contributed by atoms with van der Waals surface area (Å²) in [6.45, 7) is 0. The van der Waals surface area contributed by atoms with E-state index in [2.05, 4.69) is 299 Å². The van der Waals surface area contributed by atoms with Crippen LogP contribution in [-0.4, -0.2) is 4.57 Å². The lowest BCUT2D eigenvalue weighted by Crippen LogP contribution is -2.37. The molecule has 1 spiro atoms. The molecule has 0 N–H and O–H groups in total. The van der Waals surface area contributed by atoms with Crippen molar-refractivity contribution in [2.75, 3.05) is 9.80 Å². The molecule has 0 radical (unpaired) electrons. The predicted octanol–water partition coefficient (Wildman–Crippen LogP) is 19.5. The zero-order chi connectivity index (χ0) is 50.6. The molecule has 1 unspecified atom stereocenters. The van der Waals surface area contributed by atoms with E-state index in [0.717, 1.165) is 73.5 Å². The summed E-state index contributed by atoms with van der Waals surface area (Å²) in [6.07, 6.45) is 0. The van der Waals surface area contributed by atoms with Crippen molar-refractivity contribution in [1.82, 2.24) is 4.57 Å². The molecule has 1 aromatic heterocycles. The maximum absolute atomic E-state index is 6.82. The first-order chi connectivity index (χ1) is 38.2. The van der Waals surface area contributed by atoms with Gasteiger partial charge in [0.05, 0.1) is 33.5 Å². The minimum absolute atomic E-state index is 0.642. The minimum Gasteiger partial charge on any atom is -0.453 e. The number of hydrogen-bond donors (Lipinski definition) is 0. The molecular weight excluding hydrogens is 935 g/mol. The highest BCUT2D eigenvalue weighted by Gasteiger charge is 2.53. The van der Waals surface area contributed by atoms with Crippen molar-refractivity contribution in [1.29, 1.82) is 0 Å². The van der Waals surface area contributed by atoms with E-state index in [1.165, 1.54) is 66.4 Å². The van der Waals surface area contributed by atoms with Crippen molar-refractivity contribution in [3.8, 4) is 61.7 Å². The second-order valence-electron chi connectivity index (χ2n) is 20.4. The van der Waals surface area contributed by atoms with Crippen LogP contribution in [0.25, 0.3) is 72.0 Å². The van der Waals surface area contributed by atoms with E-state index >= 15 is 0 Å². The highest BCUT2D eigenvalue weighted by molar-refractivity contribution is 6.11. The molecule has 12 aromatic carbocycles. The van der Waals surface area contributed by atoms with Gasteiger partial charge in [0.2, 0.25) is 0 Å². The fraction of sp³-hybridized carbons (Fsp3) is 0.0137. The summed E-state index contributed by atoms with van der Waals surface area (Å²) < 4.78 is 9.21. The highest BCUT2D eigenvalue weighted by atomic mass is 16.5. The molecule has 0 saturated heterocycles. The van der Waals surface area contributed by atoms with E-state index in [1.54, 1.807) is 0 Å². The van der Waals surface area contributed by atoms with Gasteiger partial charge in [-0.25, -0.2) is 0 Å². The van der Waals surface area contributed by atoms with Gasteiger partial charge in [0.25, 0.3) is 0 Å². The van der Waals surface area contributed by atoms with Crippen LogP contribution in [0.1, 0.15) is 22.3 Å². The Morgan fingerprint density at radius 2 is 0.896 bits per heavy atom. The van der Waals surface area contributed by atoms with Gasteiger partial charge in [-0.15, -0.1) is 0 Å². The zero-order valence-corrected chi connectivity index (χ0v) is 41.9. The van der Waals surface area contributed by atoms with E-state index < -0.39 is 5.41 Å². The lowest BCUT2D eigenvalue weighted by Gasteiger charge is -2.47. The molecule has 0 bridgehead atoms. The Kier molecular flexibility index (Phi) is 9.52. The maximum Gasteiger partial charge on any atom is 0.151 e. The second-order valence-corrected chi connectivity index (χ2v) is 20.4. The number of ether oxygens (including phenoxy) is 1. The van der Waals surface area contributed by atoms with Gasteiger partial charge in [-0.05, 0) is 158 Å². The summed E-state index contributed by atoms with van der Waals surface area (Å²) in [6, 6.07) is 104. The van der Waals surface area contributed by atoms with Crippen molar-refractivity contribution in [2.24, 2.45) is 0 Å². The Bertz CT molecular complexity index is 4490. The fourth-order valence-electron chi connectivity index (χ4n) is 13.2. The van der Waals surface area contributed by atoms with Crippen molar-refractivity contribution in [3.63, 3.8) is 0 Å². The number of nitrogens with zero attached hydrogens (tertiary/aromatic N) is 3. The Morgan fingerprint density at radius 3 is 1.71 bits per heavy atom. The largest absolute Gasteiger partial charge is 0.453 e. The molecule has 13 aromatic rings. The molecule has 4 heteroatoms. The zero-order valence-electron chi connectivity index (χ0n) is 41.9. The first kappa shape index (κ1) is 43.3. The van der Waals surface area contributed by atoms with Crippen molar-refractivity contribution < 1.29 is 4.74 Å². The quantitative estimate of drug-likeness (QED) is 0.159. The lowest BCUT2D eigenvalue weighted by molar-refractivity contribution is 0.473. The third kappa shape index (κ3) is 6.40. The summed E-state index contributed by atoms with van der Waals surface area (Å²) in [5, 5.41) is 2.40. The predicted molar refractivity (Wildman–Crippen MR) is 317 cm³/mol. The van der Waals surface area contributed by atoms with Crippen LogP contribution in [0.15, 0.2) is 285 Å². The van der Waals surface area contributed by atoms with Crippen LogP contribution >= 0.6 is 0 Å². The van der Waals surface area contributed by atoms with E-state index in [0.29, 0.717) is 0 Å². The summed E-state index contributed by atoms with van der Waals surface area (Å²) in [4.78, 5) is 4.89. The van der Waals surface area contributed by atoms with Gasteiger partial charge >= 0.3 is 0 Å². The summed E-state index contributed by atoms with van der Waals surface area (Å²) in [5.74, 6) is 1.71. The number of anilines is 6. The third-order valence-electron chi connectivity index (χ3n) is 16.3. The van der Waals surface area contributed by atoms with E-state index in [4.69, 9.17) is 4.74 Å². The number of aromatic nitrogens is 1. The standard InChI is InChI=1S/C73H47N3O/c1-4-20-48(21-5-1)50-38-40-54(41-39-50)74(55-42-43-66-60(47-55)58-26-11-14-33-65(58)75(66)53-24-8-3-9-25-53)56-45-51(49-22-6-2-7-23-49)44-52(46-56)57-28-18-31-63-71(57)59-27-10-12-29-61(59)73(63)62-30-13-15-34-67(62)76-68-35-16-17-36-69(68)77-70-37-19-32-64(73)72(70)76/h1-47H. The third-order valence-corrected chi connectivity index (χ3v) is 16.3. The van der Waals surface area contributed by atoms with Gasteiger partial charge in [-0.1, -0.05) is 194 Å². The molecule has 3 aliphatic rings. The van der Waals surface area contributed by atoms with Crippen LogP contribution in [0.4, 0.5) is 34.1 Å². The molecule has 3 heterocycles. The van der Waals surface area contributed by atoms with Gasteiger partial charge in [-0.3, -0.25) is 0 Å². The van der Waals surface area contributed by atoms with Gasteiger partial charge < -0.3 is 19.1 Å². The van der Waals surface area contributed by atoms with Gasteiger partial charge in [0, 0.05) is 33.5 Å². The van der Waals surface area contributed by atoms with Crippen LogP contribution in [0.2, 0.25) is 0 Å². The summed E-state index contributed by atoms with van der Waals surface area (Å²) in [7, 11) is 0. The molecule has 77 heavy (non-hydrogen) atoms. The molecular formula is C73H47N3O. The number of benzene rings is 12. The number of rotatable bonds is 7. The molecule has 1 atom stereocenters. The van der Waals surface area contributed by atoms with Gasteiger partial charge in [0.15, 0.2) is 11.5 Å². The van der Waals surface area contributed by atoms with E-state index in [9.17, 15) is 0 Å². The van der Waals surface area contributed by atoms with Gasteiger partial charge in [-0.2, -0.15) is 0 Å². The van der Waals surface area contributed by atoms with Gasteiger partial charge in [0.1, 0.15) is 0 Å². The van der Waals surface area contributed by atoms with Crippen LogP contribution in [0.5, 0.6) is 11.5 Å². The van der Waals surface area contributed by atoms with Crippen molar-refractivity contribution in [3.05, 3.63) is 307 Å². The Morgan fingerprint density at radius 1 is 0.325 bits per heavy atom. The topological polar surface area (TPSA) is 20.6 Å². The fourth-order valence-corrected chi connectivity index (χ4v) is 13.2. The molecule has 16 rings (SSSR count). The second kappa shape index (κ2) is 16.9. The smallest absolute Gasteiger partial charge is 0.151 e.